The summed E-state index contributed by atoms with van der Waals surface area (Å²) in [4.78, 5) is 7.96. The third-order valence-electron chi connectivity index (χ3n) is 2.96. The first-order valence-corrected chi connectivity index (χ1v) is 6.46. The Hall–Kier alpha value is -3.26. The fourth-order valence-electron chi connectivity index (χ4n) is 1.74. The van der Waals surface area contributed by atoms with Gasteiger partial charge in [-0.05, 0) is 13.8 Å². The second-order valence-electron chi connectivity index (χ2n) is 5.00. The molecular weight excluding hydrogens is 280 g/mol. The van der Waals surface area contributed by atoms with E-state index >= 15 is 0 Å². The van der Waals surface area contributed by atoms with Crippen LogP contribution in [0.15, 0.2) is 18.5 Å². The van der Waals surface area contributed by atoms with Crippen LogP contribution in [0.5, 0.6) is 0 Å². The van der Waals surface area contributed by atoms with Crippen molar-refractivity contribution in [1.29, 1.82) is 10.5 Å². The van der Waals surface area contributed by atoms with Gasteiger partial charge < -0.3 is 10.6 Å². The summed E-state index contributed by atoms with van der Waals surface area (Å²) in [5.74, 6) is 0.906. The van der Waals surface area contributed by atoms with E-state index in [0.717, 1.165) is 0 Å². The minimum Gasteiger partial charge on any atom is -0.386 e. The first kappa shape index (κ1) is 15.1. The van der Waals surface area contributed by atoms with Crippen LogP contribution in [0.4, 0.5) is 17.3 Å². The molecule has 0 saturated carbocycles. The first-order valence-electron chi connectivity index (χ1n) is 6.46. The molecule has 0 aromatic carbocycles. The molecule has 8 heteroatoms. The minimum atomic E-state index is -0.752. The molecule has 0 aliphatic carbocycles. The highest BCUT2D eigenvalue weighted by Crippen LogP contribution is 2.28. The van der Waals surface area contributed by atoms with Crippen LogP contribution in [0.25, 0.3) is 0 Å². The van der Waals surface area contributed by atoms with Crippen LogP contribution < -0.4 is 10.6 Å². The molecule has 2 N–H and O–H groups in total. The maximum Gasteiger partial charge on any atom is 0.158 e. The Morgan fingerprint density at radius 3 is 2.41 bits per heavy atom. The molecule has 0 unspecified atom stereocenters. The molecule has 0 radical (unpaired) electrons. The molecule has 110 valence electrons. The van der Waals surface area contributed by atoms with Gasteiger partial charge in [0.1, 0.15) is 17.6 Å². The minimum absolute atomic E-state index is 0.235. The Kier molecular flexibility index (Phi) is 4.14. The number of rotatable bonds is 4. The van der Waals surface area contributed by atoms with Gasteiger partial charge in [0.25, 0.3) is 0 Å². The molecule has 0 aliphatic heterocycles. The van der Waals surface area contributed by atoms with Crippen molar-refractivity contribution in [3.05, 3.63) is 29.8 Å². The molecular formula is C14H14N8. The third kappa shape index (κ3) is 3.07. The van der Waals surface area contributed by atoms with Gasteiger partial charge in [-0.1, -0.05) is 0 Å². The van der Waals surface area contributed by atoms with Crippen molar-refractivity contribution in [2.45, 2.75) is 19.3 Å². The molecule has 22 heavy (non-hydrogen) atoms. The van der Waals surface area contributed by atoms with Crippen molar-refractivity contribution in [3.63, 3.8) is 0 Å². The van der Waals surface area contributed by atoms with Crippen molar-refractivity contribution in [2.24, 2.45) is 0 Å². The summed E-state index contributed by atoms with van der Waals surface area (Å²) in [5, 5.41) is 32.0. The molecule has 0 spiro atoms. The lowest BCUT2D eigenvalue weighted by Crippen LogP contribution is -2.19. The molecule has 0 bridgehead atoms. The number of hydrogen-bond acceptors (Lipinski definition) is 8. The Balaban J connectivity index is 2.30. The fraction of sp³-hybridized carbons (Fsp3) is 0.286. The second kappa shape index (κ2) is 6.02. The van der Waals surface area contributed by atoms with E-state index in [0.29, 0.717) is 23.0 Å². The molecule has 0 saturated heterocycles. The molecule has 2 rings (SSSR count). The van der Waals surface area contributed by atoms with Gasteiger partial charge in [0, 0.05) is 13.1 Å². The van der Waals surface area contributed by atoms with Crippen LogP contribution in [0.1, 0.15) is 25.2 Å². The van der Waals surface area contributed by atoms with Gasteiger partial charge >= 0.3 is 0 Å². The number of anilines is 3. The quantitative estimate of drug-likeness (QED) is 0.873. The van der Waals surface area contributed by atoms with Gasteiger partial charge in [0.15, 0.2) is 11.5 Å². The molecule has 0 atom stereocenters. The largest absolute Gasteiger partial charge is 0.386 e. The van der Waals surface area contributed by atoms with Crippen molar-refractivity contribution in [2.75, 3.05) is 17.7 Å². The standard InChI is InChI=1S/C14H14N8/c1-14(2,8-16)13-10(17-3)4-11(21-22-13)20-12-7-18-9(5-15)6-19-12/h4,6-7H,1-3H3,(H2,17,19,20,21). The number of nitriles is 2. The first-order chi connectivity index (χ1) is 10.5. The highest BCUT2D eigenvalue weighted by Gasteiger charge is 2.26. The predicted molar refractivity (Wildman–Crippen MR) is 80.2 cm³/mol. The number of nitrogens with zero attached hydrogens (tertiary/aromatic N) is 6. The smallest absolute Gasteiger partial charge is 0.158 e. The maximum absolute atomic E-state index is 9.22. The lowest BCUT2D eigenvalue weighted by atomic mass is 9.90. The van der Waals surface area contributed by atoms with Crippen molar-refractivity contribution >= 4 is 17.3 Å². The topological polar surface area (TPSA) is 123 Å². The molecule has 0 fully saturated rings. The highest BCUT2D eigenvalue weighted by molar-refractivity contribution is 5.61. The lowest BCUT2D eigenvalue weighted by Gasteiger charge is -2.18. The summed E-state index contributed by atoms with van der Waals surface area (Å²) in [6, 6.07) is 5.83. The summed E-state index contributed by atoms with van der Waals surface area (Å²) in [6.07, 6.45) is 2.80. The van der Waals surface area contributed by atoms with E-state index in [1.54, 1.807) is 27.0 Å². The Labute approximate surface area is 127 Å². The van der Waals surface area contributed by atoms with Gasteiger partial charge in [0.05, 0.1) is 29.6 Å². The number of nitrogens with one attached hydrogen (secondary N) is 2. The van der Waals surface area contributed by atoms with Crippen LogP contribution >= 0.6 is 0 Å². The average Bonchev–Trinajstić information content (AvgIpc) is 2.55. The molecule has 2 aromatic heterocycles. The average molecular weight is 294 g/mol. The zero-order chi connectivity index (χ0) is 16.2. The summed E-state index contributed by atoms with van der Waals surface area (Å²) in [5.41, 5.74) is 0.747. The zero-order valence-electron chi connectivity index (χ0n) is 12.4. The van der Waals surface area contributed by atoms with E-state index in [4.69, 9.17) is 5.26 Å². The van der Waals surface area contributed by atoms with Gasteiger partial charge in [-0.25, -0.2) is 9.97 Å². The highest BCUT2D eigenvalue weighted by atomic mass is 15.2. The molecule has 2 aromatic rings. The SMILES string of the molecule is CNc1cc(Nc2cnc(C#N)cn2)nnc1C(C)(C)C#N. The summed E-state index contributed by atoms with van der Waals surface area (Å²) in [6.45, 7) is 3.55. The van der Waals surface area contributed by atoms with E-state index in [2.05, 4.69) is 36.9 Å². The van der Waals surface area contributed by atoms with Crippen molar-refractivity contribution in [3.8, 4) is 12.1 Å². The Morgan fingerprint density at radius 2 is 1.86 bits per heavy atom. The second-order valence-corrected chi connectivity index (χ2v) is 5.00. The van der Waals surface area contributed by atoms with Crippen LogP contribution in [-0.4, -0.2) is 27.2 Å². The van der Waals surface area contributed by atoms with E-state index in [-0.39, 0.29) is 5.69 Å². The lowest BCUT2D eigenvalue weighted by molar-refractivity contribution is 0.647. The third-order valence-corrected chi connectivity index (χ3v) is 2.96. The van der Waals surface area contributed by atoms with Crippen LogP contribution in [0.2, 0.25) is 0 Å². The maximum atomic E-state index is 9.22. The van der Waals surface area contributed by atoms with E-state index in [1.165, 1.54) is 12.4 Å². The Morgan fingerprint density at radius 1 is 1.09 bits per heavy atom. The normalized spacial score (nSPS) is 10.4. The number of hydrogen-bond donors (Lipinski definition) is 2. The van der Waals surface area contributed by atoms with Gasteiger partial charge in [-0.15, -0.1) is 10.2 Å². The molecule has 8 nitrogen and oxygen atoms in total. The van der Waals surface area contributed by atoms with Gasteiger partial charge in [-0.3, -0.25) is 0 Å². The molecule has 0 amide bonds. The van der Waals surface area contributed by atoms with Crippen molar-refractivity contribution < 1.29 is 0 Å². The fourth-order valence-corrected chi connectivity index (χ4v) is 1.74. The van der Waals surface area contributed by atoms with E-state index < -0.39 is 5.41 Å². The van der Waals surface area contributed by atoms with E-state index in [9.17, 15) is 5.26 Å². The summed E-state index contributed by atoms with van der Waals surface area (Å²) >= 11 is 0. The Bertz CT molecular complexity index is 752. The number of aromatic nitrogens is 4. The van der Waals surface area contributed by atoms with Crippen LogP contribution in [0.3, 0.4) is 0 Å². The van der Waals surface area contributed by atoms with E-state index in [1.807, 2.05) is 6.07 Å². The van der Waals surface area contributed by atoms with Crippen molar-refractivity contribution in [1.82, 2.24) is 20.2 Å². The van der Waals surface area contributed by atoms with Crippen LogP contribution in [-0.2, 0) is 5.41 Å². The monoisotopic (exact) mass is 294 g/mol. The summed E-state index contributed by atoms with van der Waals surface area (Å²) in [7, 11) is 1.75. The predicted octanol–water partition coefficient (Wildman–Crippen LogP) is 1.72. The molecule has 0 aliphatic rings. The summed E-state index contributed by atoms with van der Waals surface area (Å²) < 4.78 is 0. The molecule has 2 heterocycles. The van der Waals surface area contributed by atoms with Gasteiger partial charge in [-0.2, -0.15) is 10.5 Å². The zero-order valence-corrected chi connectivity index (χ0v) is 12.4. The van der Waals surface area contributed by atoms with Crippen LogP contribution in [0, 0.1) is 22.7 Å². The van der Waals surface area contributed by atoms with Gasteiger partial charge in [0.2, 0.25) is 0 Å².